The van der Waals surface area contributed by atoms with Crippen LogP contribution in [0.3, 0.4) is 0 Å². The van der Waals surface area contributed by atoms with Gasteiger partial charge in [0.2, 0.25) is 5.91 Å². The number of amides is 1. The van der Waals surface area contributed by atoms with Crippen LogP contribution in [0.25, 0.3) is 0 Å². The standard InChI is InChI=1S/C21H20N6O3/c1-27-16-7-2-3-8-17(16)30-12-15(21(27)29)23-20(28)19-24-18(25-26-19)10-13-5-4-6-14(9-13)11-22/h2-9,15,20,23,28H,10,12H2,1H3,(H,24,25,26)/t15-,20?/m0/s1. The van der Waals surface area contributed by atoms with Gasteiger partial charge in [-0.25, -0.2) is 0 Å². The van der Waals surface area contributed by atoms with Crippen LogP contribution in [0.4, 0.5) is 5.69 Å². The van der Waals surface area contributed by atoms with Crippen molar-refractivity contribution in [2.45, 2.75) is 18.7 Å². The minimum absolute atomic E-state index is 0.0686. The number of aliphatic hydroxyl groups is 1. The molecule has 0 spiro atoms. The molecule has 0 fully saturated rings. The first-order valence-corrected chi connectivity index (χ1v) is 9.39. The Labute approximate surface area is 172 Å². The predicted molar refractivity (Wildman–Crippen MR) is 108 cm³/mol. The van der Waals surface area contributed by atoms with E-state index in [-0.39, 0.29) is 18.3 Å². The summed E-state index contributed by atoms with van der Waals surface area (Å²) in [5.74, 6) is 1.10. The van der Waals surface area contributed by atoms with Crippen LogP contribution in [-0.2, 0) is 11.2 Å². The first-order chi connectivity index (χ1) is 14.5. The fourth-order valence-electron chi connectivity index (χ4n) is 3.30. The molecule has 2 heterocycles. The van der Waals surface area contributed by atoms with Gasteiger partial charge in [-0.1, -0.05) is 24.3 Å². The van der Waals surface area contributed by atoms with Crippen LogP contribution >= 0.6 is 0 Å². The molecule has 0 bridgehead atoms. The number of benzene rings is 2. The molecule has 1 amide bonds. The van der Waals surface area contributed by atoms with Crippen molar-refractivity contribution in [2.24, 2.45) is 0 Å². The van der Waals surface area contributed by atoms with Crippen molar-refractivity contribution in [3.05, 3.63) is 71.3 Å². The Balaban J connectivity index is 1.44. The van der Waals surface area contributed by atoms with Gasteiger partial charge < -0.3 is 19.7 Å². The molecule has 2 atom stereocenters. The number of likely N-dealkylation sites (N-methyl/N-ethyl adjacent to an activating group) is 1. The molecule has 0 saturated heterocycles. The van der Waals surface area contributed by atoms with Gasteiger partial charge >= 0.3 is 0 Å². The molecule has 9 heteroatoms. The van der Waals surface area contributed by atoms with Crippen LogP contribution in [0, 0.1) is 11.3 Å². The number of hydrogen-bond donors (Lipinski definition) is 3. The highest BCUT2D eigenvalue weighted by Gasteiger charge is 2.31. The molecular formula is C21H20N6O3. The molecule has 0 saturated carbocycles. The highest BCUT2D eigenvalue weighted by atomic mass is 16.5. The van der Waals surface area contributed by atoms with Gasteiger partial charge in [-0.15, -0.1) is 10.2 Å². The predicted octanol–water partition coefficient (Wildman–Crippen LogP) is 1.27. The van der Waals surface area contributed by atoms with Gasteiger partial charge in [-0.3, -0.25) is 10.1 Å². The number of hydrogen-bond acceptors (Lipinski definition) is 7. The molecule has 2 aromatic carbocycles. The topological polar surface area (TPSA) is 127 Å². The summed E-state index contributed by atoms with van der Waals surface area (Å²) >= 11 is 0. The normalized spacial score (nSPS) is 16.9. The zero-order chi connectivity index (χ0) is 21.1. The molecule has 30 heavy (non-hydrogen) atoms. The maximum Gasteiger partial charge on any atom is 0.247 e. The number of H-pyrrole nitrogens is 1. The molecule has 1 aromatic heterocycles. The fraction of sp³-hybridized carbons (Fsp3) is 0.238. The highest BCUT2D eigenvalue weighted by Crippen LogP contribution is 2.30. The van der Waals surface area contributed by atoms with E-state index in [1.54, 1.807) is 37.4 Å². The van der Waals surface area contributed by atoms with E-state index in [4.69, 9.17) is 10.00 Å². The summed E-state index contributed by atoms with van der Waals surface area (Å²) in [7, 11) is 1.67. The Morgan fingerprint density at radius 3 is 3.00 bits per heavy atom. The number of para-hydroxylation sites is 2. The first-order valence-electron chi connectivity index (χ1n) is 9.39. The Morgan fingerprint density at radius 2 is 2.17 bits per heavy atom. The number of carbonyl (C=O) groups excluding carboxylic acids is 1. The fourth-order valence-corrected chi connectivity index (χ4v) is 3.30. The average Bonchev–Trinajstić information content (AvgIpc) is 3.20. The van der Waals surface area contributed by atoms with Gasteiger partial charge in [0.15, 0.2) is 12.1 Å². The number of nitrogens with zero attached hydrogens (tertiary/aromatic N) is 4. The lowest BCUT2D eigenvalue weighted by Crippen LogP contribution is -2.48. The molecule has 9 nitrogen and oxygen atoms in total. The van der Waals surface area contributed by atoms with Gasteiger partial charge in [0.25, 0.3) is 0 Å². The maximum atomic E-state index is 12.8. The number of aromatic nitrogens is 3. The summed E-state index contributed by atoms with van der Waals surface area (Å²) in [5, 5.41) is 30.4. The van der Waals surface area contributed by atoms with E-state index in [1.165, 1.54) is 4.90 Å². The SMILES string of the molecule is CN1C(=O)[C@@H](NC(O)c2nnc(Cc3cccc(C#N)c3)[nH]2)COc2ccccc21. The largest absolute Gasteiger partial charge is 0.489 e. The smallest absolute Gasteiger partial charge is 0.247 e. The lowest BCUT2D eigenvalue weighted by molar-refractivity contribution is -0.121. The Kier molecular flexibility index (Phi) is 5.43. The molecule has 0 radical (unpaired) electrons. The lowest BCUT2D eigenvalue weighted by atomic mass is 10.1. The van der Waals surface area contributed by atoms with Crippen LogP contribution in [0.1, 0.15) is 29.0 Å². The van der Waals surface area contributed by atoms with Gasteiger partial charge in [-0.2, -0.15) is 5.26 Å². The summed E-state index contributed by atoms with van der Waals surface area (Å²) in [6.45, 7) is 0.0686. The summed E-state index contributed by atoms with van der Waals surface area (Å²) in [4.78, 5) is 17.2. The number of fused-ring (bicyclic) bond motifs is 1. The molecule has 3 aromatic rings. The number of nitriles is 1. The van der Waals surface area contributed by atoms with E-state index in [2.05, 4.69) is 26.6 Å². The van der Waals surface area contributed by atoms with E-state index in [0.717, 1.165) is 5.56 Å². The summed E-state index contributed by atoms with van der Waals surface area (Å²) < 4.78 is 5.74. The van der Waals surface area contributed by atoms with Crippen molar-refractivity contribution < 1.29 is 14.6 Å². The van der Waals surface area contributed by atoms with E-state index in [0.29, 0.717) is 29.2 Å². The van der Waals surface area contributed by atoms with Crippen LogP contribution in [0.15, 0.2) is 48.5 Å². The van der Waals surface area contributed by atoms with Crippen LogP contribution in [0.5, 0.6) is 5.75 Å². The molecule has 3 N–H and O–H groups in total. The van der Waals surface area contributed by atoms with Gasteiger partial charge in [0.1, 0.15) is 24.2 Å². The van der Waals surface area contributed by atoms with Crippen molar-refractivity contribution in [3.8, 4) is 11.8 Å². The number of ether oxygens (including phenoxy) is 1. The minimum atomic E-state index is -1.23. The van der Waals surface area contributed by atoms with Gasteiger partial charge in [-0.05, 0) is 29.8 Å². The van der Waals surface area contributed by atoms with E-state index >= 15 is 0 Å². The average molecular weight is 404 g/mol. The summed E-state index contributed by atoms with van der Waals surface area (Å²) in [5.41, 5.74) is 2.12. The Bertz CT molecular complexity index is 1110. The number of rotatable bonds is 5. The Hall–Kier alpha value is -3.74. The Morgan fingerprint density at radius 1 is 1.33 bits per heavy atom. The molecule has 4 rings (SSSR count). The quantitative estimate of drug-likeness (QED) is 0.547. The third kappa shape index (κ3) is 4.00. The van der Waals surface area contributed by atoms with Gasteiger partial charge in [0.05, 0.1) is 17.3 Å². The lowest BCUT2D eigenvalue weighted by Gasteiger charge is -2.22. The van der Waals surface area contributed by atoms with Gasteiger partial charge in [0, 0.05) is 13.5 Å². The van der Waals surface area contributed by atoms with Crippen molar-refractivity contribution >= 4 is 11.6 Å². The zero-order valence-corrected chi connectivity index (χ0v) is 16.2. The molecule has 152 valence electrons. The highest BCUT2D eigenvalue weighted by molar-refractivity contribution is 5.98. The van der Waals surface area contributed by atoms with E-state index in [1.807, 2.05) is 18.2 Å². The molecule has 0 aliphatic carbocycles. The first kappa shape index (κ1) is 19.6. The molecular weight excluding hydrogens is 384 g/mol. The van der Waals surface area contributed by atoms with Crippen molar-refractivity contribution in [2.75, 3.05) is 18.6 Å². The molecule has 1 unspecified atom stereocenters. The van der Waals surface area contributed by atoms with E-state index in [9.17, 15) is 9.90 Å². The minimum Gasteiger partial charge on any atom is -0.489 e. The third-order valence-corrected chi connectivity index (χ3v) is 4.86. The number of anilines is 1. The molecule has 1 aliphatic rings. The zero-order valence-electron chi connectivity index (χ0n) is 16.2. The van der Waals surface area contributed by atoms with Crippen LogP contribution < -0.4 is 15.0 Å². The van der Waals surface area contributed by atoms with E-state index < -0.39 is 12.3 Å². The van der Waals surface area contributed by atoms with Crippen LogP contribution in [-0.4, -0.2) is 45.9 Å². The summed E-state index contributed by atoms with van der Waals surface area (Å²) in [6.07, 6.45) is -0.803. The maximum absolute atomic E-state index is 12.8. The van der Waals surface area contributed by atoms with Crippen molar-refractivity contribution in [3.63, 3.8) is 0 Å². The second-order valence-electron chi connectivity index (χ2n) is 6.94. The molecule has 1 aliphatic heterocycles. The number of nitrogens with one attached hydrogen (secondary N) is 2. The second kappa shape index (κ2) is 8.32. The van der Waals surface area contributed by atoms with Crippen molar-refractivity contribution in [1.29, 1.82) is 5.26 Å². The number of carbonyl (C=O) groups is 1. The number of aromatic amines is 1. The second-order valence-corrected chi connectivity index (χ2v) is 6.94. The van der Waals surface area contributed by atoms with Crippen molar-refractivity contribution in [1.82, 2.24) is 20.5 Å². The van der Waals surface area contributed by atoms with Crippen LogP contribution in [0.2, 0.25) is 0 Å². The number of aliphatic hydroxyl groups excluding tert-OH is 1. The summed E-state index contributed by atoms with van der Waals surface area (Å²) in [6, 6.07) is 15.8. The third-order valence-electron chi connectivity index (χ3n) is 4.86. The monoisotopic (exact) mass is 404 g/mol.